The lowest BCUT2D eigenvalue weighted by molar-refractivity contribution is -0.146. The van der Waals surface area contributed by atoms with Crippen molar-refractivity contribution >= 4 is 17.6 Å². The van der Waals surface area contributed by atoms with Gasteiger partial charge in [0.1, 0.15) is 0 Å². The van der Waals surface area contributed by atoms with Crippen LogP contribution in [0, 0.1) is 5.41 Å². The summed E-state index contributed by atoms with van der Waals surface area (Å²) in [7, 11) is 0. The molecule has 0 aliphatic heterocycles. The molecule has 1 rings (SSSR count). The molecule has 0 bridgehead atoms. The number of hydrogen-bond acceptors (Lipinski definition) is 1. The minimum absolute atomic E-state index is 0.430. The number of halogens is 1. The fourth-order valence-corrected chi connectivity index (χ4v) is 2.28. The van der Waals surface area contributed by atoms with Crippen LogP contribution in [0.15, 0.2) is 18.2 Å². The lowest BCUT2D eigenvalue weighted by atomic mass is 9.85. The van der Waals surface area contributed by atoms with Gasteiger partial charge in [0.25, 0.3) is 0 Å². The third-order valence-corrected chi connectivity index (χ3v) is 3.76. The van der Waals surface area contributed by atoms with Crippen LogP contribution in [0.4, 0.5) is 0 Å². The lowest BCUT2D eigenvalue weighted by Crippen LogP contribution is -2.26. The zero-order valence-electron chi connectivity index (χ0n) is 11.5. The van der Waals surface area contributed by atoms with Gasteiger partial charge in [-0.25, -0.2) is 0 Å². The highest BCUT2D eigenvalue weighted by molar-refractivity contribution is 6.31. The van der Waals surface area contributed by atoms with Crippen LogP contribution in [0.2, 0.25) is 5.02 Å². The second kappa shape index (κ2) is 5.75. The van der Waals surface area contributed by atoms with Crippen LogP contribution in [0.3, 0.4) is 0 Å². The van der Waals surface area contributed by atoms with Crippen LogP contribution in [-0.4, -0.2) is 11.1 Å². The molecule has 18 heavy (non-hydrogen) atoms. The van der Waals surface area contributed by atoms with Gasteiger partial charge < -0.3 is 5.11 Å². The fourth-order valence-electron chi connectivity index (χ4n) is 1.89. The number of carbonyl (C=O) groups is 1. The predicted molar refractivity (Wildman–Crippen MR) is 75.3 cm³/mol. The van der Waals surface area contributed by atoms with Crippen LogP contribution in [0.1, 0.15) is 51.2 Å². The van der Waals surface area contributed by atoms with E-state index in [2.05, 4.69) is 13.8 Å². The number of aliphatic carboxylic acids is 1. The standard InChI is InChI=1S/C15H21ClO2/c1-5-10(2)12-7-6-11(8-13(12)16)9-15(3,4)14(17)18/h6-8,10H,5,9H2,1-4H3,(H,17,18). The summed E-state index contributed by atoms with van der Waals surface area (Å²) in [5.74, 6) is -0.358. The van der Waals surface area contributed by atoms with Gasteiger partial charge in [-0.2, -0.15) is 0 Å². The Bertz CT molecular complexity index is 438. The molecular formula is C15H21ClO2. The van der Waals surface area contributed by atoms with E-state index in [0.29, 0.717) is 12.3 Å². The predicted octanol–water partition coefficient (Wildman–Crippen LogP) is 4.51. The average molecular weight is 269 g/mol. The molecule has 1 aromatic rings. The molecule has 2 nitrogen and oxygen atoms in total. The van der Waals surface area contributed by atoms with Crippen molar-refractivity contribution in [2.24, 2.45) is 5.41 Å². The summed E-state index contributed by atoms with van der Waals surface area (Å²) in [5.41, 5.74) is 1.34. The van der Waals surface area contributed by atoms with Crippen molar-refractivity contribution in [3.63, 3.8) is 0 Å². The Labute approximate surface area is 114 Å². The molecule has 100 valence electrons. The Morgan fingerprint density at radius 3 is 2.50 bits per heavy atom. The fraction of sp³-hybridized carbons (Fsp3) is 0.533. The molecule has 1 atom stereocenters. The van der Waals surface area contributed by atoms with Crippen molar-refractivity contribution in [3.8, 4) is 0 Å². The van der Waals surface area contributed by atoms with Gasteiger partial charge in [-0.1, -0.05) is 37.6 Å². The highest BCUT2D eigenvalue weighted by Gasteiger charge is 2.27. The highest BCUT2D eigenvalue weighted by Crippen LogP contribution is 2.30. The summed E-state index contributed by atoms with van der Waals surface area (Å²) in [6.45, 7) is 7.72. The number of hydrogen-bond donors (Lipinski definition) is 1. The van der Waals surface area contributed by atoms with Gasteiger partial charge in [0.05, 0.1) is 5.41 Å². The maximum absolute atomic E-state index is 11.1. The van der Waals surface area contributed by atoms with Crippen LogP contribution in [0.5, 0.6) is 0 Å². The monoisotopic (exact) mass is 268 g/mol. The molecule has 0 spiro atoms. The molecule has 1 N–H and O–H groups in total. The SMILES string of the molecule is CCC(C)c1ccc(CC(C)(C)C(=O)O)cc1Cl. The number of benzene rings is 1. The van der Waals surface area contributed by atoms with Gasteiger partial charge in [-0.15, -0.1) is 0 Å². The number of carboxylic acids is 1. The highest BCUT2D eigenvalue weighted by atomic mass is 35.5. The van der Waals surface area contributed by atoms with E-state index in [0.717, 1.165) is 22.6 Å². The first kappa shape index (κ1) is 15.0. The number of carboxylic acid groups (broad SMARTS) is 1. The summed E-state index contributed by atoms with van der Waals surface area (Å²) in [6.07, 6.45) is 1.53. The van der Waals surface area contributed by atoms with E-state index >= 15 is 0 Å². The van der Waals surface area contributed by atoms with E-state index in [9.17, 15) is 4.79 Å². The number of rotatable bonds is 5. The van der Waals surface area contributed by atoms with E-state index in [1.165, 1.54) is 0 Å². The average Bonchev–Trinajstić information content (AvgIpc) is 2.27. The largest absolute Gasteiger partial charge is 0.481 e. The second-order valence-corrected chi connectivity index (χ2v) is 5.94. The van der Waals surface area contributed by atoms with Gasteiger partial charge in [0.15, 0.2) is 0 Å². The minimum atomic E-state index is -0.787. The first-order chi connectivity index (χ1) is 8.27. The first-order valence-corrected chi connectivity index (χ1v) is 6.67. The molecule has 0 amide bonds. The molecule has 0 aromatic heterocycles. The van der Waals surface area contributed by atoms with Gasteiger partial charge in [0.2, 0.25) is 0 Å². The molecular weight excluding hydrogens is 248 g/mol. The van der Waals surface area contributed by atoms with Gasteiger partial charge in [-0.3, -0.25) is 4.79 Å². The summed E-state index contributed by atoms with van der Waals surface area (Å²) >= 11 is 6.26. The topological polar surface area (TPSA) is 37.3 Å². The molecule has 3 heteroatoms. The lowest BCUT2D eigenvalue weighted by Gasteiger charge is -2.20. The van der Waals surface area contributed by atoms with E-state index in [1.807, 2.05) is 18.2 Å². The molecule has 0 saturated carbocycles. The Balaban J connectivity index is 2.95. The molecule has 0 radical (unpaired) electrons. The Morgan fingerprint density at radius 1 is 1.44 bits per heavy atom. The van der Waals surface area contributed by atoms with E-state index in [4.69, 9.17) is 16.7 Å². The van der Waals surface area contributed by atoms with Crippen LogP contribution in [0.25, 0.3) is 0 Å². The Kier molecular flexibility index (Phi) is 4.80. The van der Waals surface area contributed by atoms with Crippen molar-refractivity contribution in [1.29, 1.82) is 0 Å². The zero-order chi connectivity index (χ0) is 13.9. The van der Waals surface area contributed by atoms with Gasteiger partial charge in [0, 0.05) is 5.02 Å². The third kappa shape index (κ3) is 3.49. The van der Waals surface area contributed by atoms with Crippen LogP contribution < -0.4 is 0 Å². The molecule has 1 unspecified atom stereocenters. The summed E-state index contributed by atoms with van der Waals surface area (Å²) in [4.78, 5) is 11.1. The molecule has 0 saturated heterocycles. The molecule has 0 heterocycles. The molecule has 1 aromatic carbocycles. The second-order valence-electron chi connectivity index (χ2n) is 5.53. The van der Waals surface area contributed by atoms with Crippen LogP contribution >= 0.6 is 11.6 Å². The van der Waals surface area contributed by atoms with Gasteiger partial charge >= 0.3 is 5.97 Å². The van der Waals surface area contributed by atoms with E-state index < -0.39 is 11.4 Å². The van der Waals surface area contributed by atoms with Crippen molar-refractivity contribution < 1.29 is 9.90 Å². The van der Waals surface area contributed by atoms with E-state index in [-0.39, 0.29) is 0 Å². The Hall–Kier alpha value is -1.02. The third-order valence-electron chi connectivity index (χ3n) is 3.43. The Morgan fingerprint density at radius 2 is 2.06 bits per heavy atom. The minimum Gasteiger partial charge on any atom is -0.481 e. The maximum Gasteiger partial charge on any atom is 0.309 e. The summed E-state index contributed by atoms with van der Waals surface area (Å²) in [6, 6.07) is 5.90. The zero-order valence-corrected chi connectivity index (χ0v) is 12.2. The smallest absolute Gasteiger partial charge is 0.309 e. The van der Waals surface area contributed by atoms with Crippen molar-refractivity contribution in [2.75, 3.05) is 0 Å². The van der Waals surface area contributed by atoms with E-state index in [1.54, 1.807) is 13.8 Å². The molecule has 0 fully saturated rings. The van der Waals surface area contributed by atoms with Gasteiger partial charge in [-0.05, 0) is 49.8 Å². The first-order valence-electron chi connectivity index (χ1n) is 6.29. The van der Waals surface area contributed by atoms with Crippen LogP contribution in [-0.2, 0) is 11.2 Å². The normalized spacial score (nSPS) is 13.4. The molecule has 0 aliphatic carbocycles. The maximum atomic E-state index is 11.1. The summed E-state index contributed by atoms with van der Waals surface area (Å²) in [5, 5.41) is 9.86. The van der Waals surface area contributed by atoms with Crippen molar-refractivity contribution in [1.82, 2.24) is 0 Å². The molecule has 0 aliphatic rings. The van der Waals surface area contributed by atoms with Crippen molar-refractivity contribution in [3.05, 3.63) is 34.3 Å². The van der Waals surface area contributed by atoms with Crippen molar-refractivity contribution in [2.45, 2.75) is 46.5 Å². The quantitative estimate of drug-likeness (QED) is 0.853. The summed E-state index contributed by atoms with van der Waals surface area (Å²) < 4.78 is 0.